The molecule has 1 fully saturated rings. The van der Waals surface area contributed by atoms with E-state index < -0.39 is 11.6 Å². The number of aryl methyl sites for hydroxylation is 2. The Kier molecular flexibility index (Phi) is 5.82. The first-order valence-corrected chi connectivity index (χ1v) is 12.7. The number of aromatic nitrogens is 7. The van der Waals surface area contributed by atoms with Crippen LogP contribution in [0.15, 0.2) is 36.8 Å². The third kappa shape index (κ3) is 3.80. The van der Waals surface area contributed by atoms with Crippen LogP contribution in [0, 0.1) is 0 Å². The fourth-order valence-corrected chi connectivity index (χ4v) is 5.54. The molecular weight excluding hydrogens is 497 g/mol. The molecule has 1 saturated carbocycles. The number of ether oxygens (including phenoxy) is 1. The van der Waals surface area contributed by atoms with Gasteiger partial charge >= 0.3 is 6.18 Å². The van der Waals surface area contributed by atoms with Crippen LogP contribution in [0.5, 0.6) is 0 Å². The minimum atomic E-state index is -4.39. The van der Waals surface area contributed by atoms with Gasteiger partial charge in [-0.25, -0.2) is 4.98 Å². The van der Waals surface area contributed by atoms with E-state index in [2.05, 4.69) is 32.5 Å². The van der Waals surface area contributed by atoms with Crippen molar-refractivity contribution in [1.82, 2.24) is 34.1 Å². The molecule has 38 heavy (non-hydrogen) atoms. The van der Waals surface area contributed by atoms with Gasteiger partial charge in [0.25, 0.3) is 0 Å². The molecule has 4 aromatic rings. The van der Waals surface area contributed by atoms with Crippen LogP contribution in [0.1, 0.15) is 37.6 Å². The van der Waals surface area contributed by atoms with Crippen molar-refractivity contribution in [3.63, 3.8) is 0 Å². The van der Waals surface area contributed by atoms with Crippen LogP contribution in [0.25, 0.3) is 22.6 Å². The number of fused-ring (bicyclic) bond motifs is 3. The summed E-state index contributed by atoms with van der Waals surface area (Å²) in [6.07, 6.45) is 2.19. The van der Waals surface area contributed by atoms with Gasteiger partial charge in [0.05, 0.1) is 31.1 Å². The monoisotopic (exact) mass is 526 g/mol. The molecule has 0 radical (unpaired) electrons. The number of hydrogen-bond donors (Lipinski definition) is 1. The topological polar surface area (TPSA) is 87.6 Å². The Bertz CT molecular complexity index is 1480. The molecule has 0 aromatic carbocycles. The number of alkyl halides is 3. The SMILES string of the molecule is CCc1cnc(Nc2ccnn2C)cc1-c1cc2n(c1)C[C@H](OC)Cn1c-2nnc1C1(C(F)(F)F)CCC1. The van der Waals surface area contributed by atoms with Crippen molar-refractivity contribution in [3.05, 3.63) is 48.2 Å². The first kappa shape index (κ1) is 24.7. The minimum absolute atomic E-state index is 0.00896. The molecule has 12 heteroatoms. The number of nitrogens with one attached hydrogen (secondary N) is 1. The summed E-state index contributed by atoms with van der Waals surface area (Å²) < 4.78 is 53.8. The van der Waals surface area contributed by atoms with Crippen molar-refractivity contribution in [1.29, 1.82) is 0 Å². The standard InChI is InChI=1S/C26H29F3N8O/c1-4-16-12-30-21(32-22-6-9-31-35(22)2)11-19(16)17-10-20-23-33-34-24(25(7-5-8-25)26(27,28)29)37(23)15-18(38-3)14-36(20)13-17/h6,9-13,18H,4-5,7-8,14-15H2,1-3H3,(H,30,32)/t18-/m0/s1. The summed E-state index contributed by atoms with van der Waals surface area (Å²) in [6.45, 7) is 2.81. The summed E-state index contributed by atoms with van der Waals surface area (Å²) in [5.74, 6) is 1.89. The molecule has 1 atom stereocenters. The van der Waals surface area contributed by atoms with Crippen molar-refractivity contribution in [2.75, 3.05) is 12.4 Å². The molecule has 0 saturated heterocycles. The molecular formula is C26H29F3N8O. The second kappa shape index (κ2) is 8.97. The summed E-state index contributed by atoms with van der Waals surface area (Å²) >= 11 is 0. The lowest BCUT2D eigenvalue weighted by Gasteiger charge is -2.42. The van der Waals surface area contributed by atoms with E-state index >= 15 is 0 Å². The second-order valence-electron chi connectivity index (χ2n) is 10.1. The first-order valence-electron chi connectivity index (χ1n) is 12.7. The van der Waals surface area contributed by atoms with E-state index in [0.29, 0.717) is 24.6 Å². The first-order chi connectivity index (χ1) is 18.2. The van der Waals surface area contributed by atoms with Gasteiger partial charge in [-0.15, -0.1) is 10.2 Å². The minimum Gasteiger partial charge on any atom is -0.378 e. The van der Waals surface area contributed by atoms with Gasteiger partial charge in [0.15, 0.2) is 5.82 Å². The van der Waals surface area contributed by atoms with E-state index in [1.807, 2.05) is 42.2 Å². The molecule has 4 aromatic heterocycles. The second-order valence-corrected chi connectivity index (χ2v) is 10.1. The van der Waals surface area contributed by atoms with Gasteiger partial charge < -0.3 is 19.2 Å². The lowest BCUT2D eigenvalue weighted by molar-refractivity contribution is -0.216. The zero-order chi connectivity index (χ0) is 26.7. The molecule has 9 nitrogen and oxygen atoms in total. The number of halogens is 3. The Morgan fingerprint density at radius 2 is 2.00 bits per heavy atom. The highest BCUT2D eigenvalue weighted by atomic mass is 19.4. The Morgan fingerprint density at radius 1 is 1.18 bits per heavy atom. The number of rotatable bonds is 6. The molecule has 0 unspecified atom stereocenters. The van der Waals surface area contributed by atoms with Crippen LogP contribution >= 0.6 is 0 Å². The van der Waals surface area contributed by atoms with Crippen molar-refractivity contribution >= 4 is 11.6 Å². The number of anilines is 2. The maximum Gasteiger partial charge on any atom is 0.401 e. The summed E-state index contributed by atoms with van der Waals surface area (Å²) in [4.78, 5) is 4.57. The summed E-state index contributed by atoms with van der Waals surface area (Å²) in [5, 5.41) is 15.9. The molecule has 2 aliphatic rings. The maximum atomic E-state index is 14.2. The lowest BCUT2D eigenvalue weighted by Crippen LogP contribution is -2.50. The number of pyridine rings is 1. The zero-order valence-electron chi connectivity index (χ0n) is 21.5. The molecule has 1 N–H and O–H groups in total. The highest BCUT2D eigenvalue weighted by Gasteiger charge is 2.62. The van der Waals surface area contributed by atoms with Crippen LogP contribution in [0.3, 0.4) is 0 Å². The summed E-state index contributed by atoms with van der Waals surface area (Å²) in [6, 6.07) is 5.82. The maximum absolute atomic E-state index is 14.2. The normalized spacial score (nSPS) is 18.4. The van der Waals surface area contributed by atoms with Crippen molar-refractivity contribution in [2.45, 2.75) is 63.4 Å². The van der Waals surface area contributed by atoms with Gasteiger partial charge in [0.2, 0.25) is 0 Å². The third-order valence-electron chi connectivity index (χ3n) is 7.93. The molecule has 0 bridgehead atoms. The molecule has 1 aliphatic carbocycles. The highest BCUT2D eigenvalue weighted by molar-refractivity contribution is 5.75. The van der Waals surface area contributed by atoms with Crippen LogP contribution < -0.4 is 5.32 Å². The van der Waals surface area contributed by atoms with Gasteiger partial charge in [-0.05, 0) is 42.5 Å². The van der Waals surface area contributed by atoms with E-state index in [9.17, 15) is 13.2 Å². The van der Waals surface area contributed by atoms with E-state index in [1.54, 1.807) is 22.6 Å². The third-order valence-corrected chi connectivity index (χ3v) is 7.93. The molecule has 1 aliphatic heterocycles. The van der Waals surface area contributed by atoms with Gasteiger partial charge in [-0.2, -0.15) is 18.3 Å². The van der Waals surface area contributed by atoms with Crippen LogP contribution in [-0.4, -0.2) is 53.5 Å². The summed E-state index contributed by atoms with van der Waals surface area (Å²) in [7, 11) is 3.43. The fraction of sp³-hybridized carbons (Fsp3) is 0.462. The Balaban J connectivity index is 1.45. The van der Waals surface area contributed by atoms with Crippen molar-refractivity contribution in [2.24, 2.45) is 7.05 Å². The molecule has 0 amide bonds. The van der Waals surface area contributed by atoms with E-state index in [0.717, 1.165) is 34.6 Å². The fourth-order valence-electron chi connectivity index (χ4n) is 5.54. The van der Waals surface area contributed by atoms with Crippen LogP contribution in [0.4, 0.5) is 24.8 Å². The average Bonchev–Trinajstić information content (AvgIpc) is 3.54. The van der Waals surface area contributed by atoms with E-state index in [-0.39, 0.29) is 31.3 Å². The Hall–Kier alpha value is -3.67. The Morgan fingerprint density at radius 3 is 2.63 bits per heavy atom. The predicted molar refractivity (Wildman–Crippen MR) is 135 cm³/mol. The smallest absolute Gasteiger partial charge is 0.378 e. The van der Waals surface area contributed by atoms with Crippen molar-refractivity contribution < 1.29 is 17.9 Å². The number of nitrogens with zero attached hydrogens (tertiary/aromatic N) is 7. The lowest BCUT2D eigenvalue weighted by atomic mass is 9.67. The van der Waals surface area contributed by atoms with Crippen molar-refractivity contribution in [3.8, 4) is 22.6 Å². The molecule has 6 rings (SSSR count). The number of methoxy groups -OCH3 is 1. The molecule has 200 valence electrons. The van der Waals surface area contributed by atoms with E-state index in [1.165, 1.54) is 0 Å². The largest absolute Gasteiger partial charge is 0.401 e. The van der Waals surface area contributed by atoms with Crippen LogP contribution in [0.2, 0.25) is 0 Å². The highest BCUT2D eigenvalue weighted by Crippen LogP contribution is 2.54. The van der Waals surface area contributed by atoms with E-state index in [4.69, 9.17) is 4.74 Å². The average molecular weight is 527 g/mol. The zero-order valence-corrected chi connectivity index (χ0v) is 21.5. The quantitative estimate of drug-likeness (QED) is 0.386. The van der Waals surface area contributed by atoms with Gasteiger partial charge in [-0.3, -0.25) is 4.68 Å². The predicted octanol–water partition coefficient (Wildman–Crippen LogP) is 4.86. The summed E-state index contributed by atoms with van der Waals surface area (Å²) in [5.41, 5.74) is 1.73. The molecule has 5 heterocycles. The van der Waals surface area contributed by atoms with Gasteiger partial charge in [-0.1, -0.05) is 13.3 Å². The molecule has 0 spiro atoms. The Labute approximate surface area is 217 Å². The number of hydrogen-bond acceptors (Lipinski definition) is 6. The van der Waals surface area contributed by atoms with Crippen LogP contribution in [-0.2, 0) is 36.7 Å². The van der Waals surface area contributed by atoms with Gasteiger partial charge in [0, 0.05) is 38.2 Å². The van der Waals surface area contributed by atoms with Gasteiger partial charge in [0.1, 0.15) is 22.9 Å².